The molecule has 2 aromatic heterocycles. The summed E-state index contributed by atoms with van der Waals surface area (Å²) < 4.78 is 43.5. The molecule has 0 radical (unpaired) electrons. The summed E-state index contributed by atoms with van der Waals surface area (Å²) in [4.78, 5) is 17.2. The van der Waals surface area contributed by atoms with E-state index in [0.717, 1.165) is 22.4 Å². The summed E-state index contributed by atoms with van der Waals surface area (Å²) in [6, 6.07) is 12.8. The molecule has 1 aliphatic rings. The van der Waals surface area contributed by atoms with E-state index in [-0.39, 0.29) is 21.8 Å². The van der Waals surface area contributed by atoms with Crippen molar-refractivity contribution in [1.29, 1.82) is 0 Å². The number of nitrogens with zero attached hydrogens (tertiary/aromatic N) is 5. The number of halogens is 1. The number of amides is 1. The molecule has 5 rings (SSSR count). The molecule has 0 unspecified atom stereocenters. The summed E-state index contributed by atoms with van der Waals surface area (Å²) in [6.45, 7) is 4.03. The predicted molar refractivity (Wildman–Crippen MR) is 133 cm³/mol. The number of rotatable bonds is 6. The Morgan fingerprint density at radius 3 is 2.51 bits per heavy atom. The molecular weight excluding hydrogens is 491 g/mol. The van der Waals surface area contributed by atoms with E-state index in [9.17, 15) is 17.6 Å². The van der Waals surface area contributed by atoms with Gasteiger partial charge in [-0.15, -0.1) is 10.2 Å². The number of nitrogens with one attached hydrogen (secondary N) is 1. The topological polar surface area (TPSA) is 100 Å². The highest BCUT2D eigenvalue weighted by atomic mass is 32.2. The number of hydrogen-bond donors (Lipinski definition) is 1. The molecule has 9 nitrogen and oxygen atoms in total. The van der Waals surface area contributed by atoms with Gasteiger partial charge in [-0.3, -0.25) is 9.52 Å². The molecule has 1 atom stereocenters. The summed E-state index contributed by atoms with van der Waals surface area (Å²) in [5.74, 6) is -0.407. The van der Waals surface area contributed by atoms with Gasteiger partial charge in [0, 0.05) is 43.4 Å². The van der Waals surface area contributed by atoms with Crippen LogP contribution >= 0.6 is 11.3 Å². The van der Waals surface area contributed by atoms with Crippen molar-refractivity contribution >= 4 is 49.0 Å². The Morgan fingerprint density at radius 1 is 1.09 bits per heavy atom. The number of piperazine rings is 1. The van der Waals surface area contributed by atoms with Crippen LogP contribution in [0, 0.1) is 5.82 Å². The van der Waals surface area contributed by atoms with Crippen LogP contribution in [0.3, 0.4) is 0 Å². The molecule has 1 saturated heterocycles. The van der Waals surface area contributed by atoms with Gasteiger partial charge in [-0.1, -0.05) is 23.5 Å². The van der Waals surface area contributed by atoms with Gasteiger partial charge in [0.2, 0.25) is 11.0 Å². The fourth-order valence-corrected chi connectivity index (χ4v) is 5.99. The van der Waals surface area contributed by atoms with E-state index in [1.54, 1.807) is 52.9 Å². The van der Waals surface area contributed by atoms with Gasteiger partial charge in [0.15, 0.2) is 0 Å². The second-order valence-electron chi connectivity index (χ2n) is 8.23. The molecule has 35 heavy (non-hydrogen) atoms. The van der Waals surface area contributed by atoms with Gasteiger partial charge < -0.3 is 14.4 Å². The molecule has 1 amide bonds. The highest BCUT2D eigenvalue weighted by molar-refractivity contribution is 7.93. The maximum Gasteiger partial charge on any atom is 0.263 e. The van der Waals surface area contributed by atoms with Gasteiger partial charge in [-0.05, 0) is 43.3 Å². The van der Waals surface area contributed by atoms with E-state index in [1.165, 1.54) is 11.6 Å². The number of benzene rings is 2. The molecule has 12 heteroatoms. The van der Waals surface area contributed by atoms with Crippen molar-refractivity contribution in [3.05, 3.63) is 66.1 Å². The summed E-state index contributed by atoms with van der Waals surface area (Å²) in [5, 5.41) is 8.30. The largest absolute Gasteiger partial charge is 0.368 e. The number of anilines is 2. The number of sulfonamides is 1. The van der Waals surface area contributed by atoms with Gasteiger partial charge in [0.25, 0.3) is 10.0 Å². The first kappa shape index (κ1) is 23.2. The fourth-order valence-electron chi connectivity index (χ4n) is 4.29. The van der Waals surface area contributed by atoms with Gasteiger partial charge in [-0.2, -0.15) is 0 Å². The van der Waals surface area contributed by atoms with Crippen molar-refractivity contribution in [3.63, 3.8) is 0 Å². The predicted octanol–water partition coefficient (Wildman–Crippen LogP) is 3.34. The zero-order chi connectivity index (χ0) is 24.6. The third-order valence-corrected chi connectivity index (χ3v) is 8.24. The molecule has 4 aromatic rings. The lowest BCUT2D eigenvalue weighted by Crippen LogP contribution is -2.50. The average molecular weight is 515 g/mol. The third-order valence-electron chi connectivity index (χ3n) is 6.15. The van der Waals surface area contributed by atoms with E-state index in [2.05, 4.69) is 19.8 Å². The number of carbonyl (C=O) groups excluding carboxylic acids is 1. The minimum Gasteiger partial charge on any atom is -0.368 e. The van der Waals surface area contributed by atoms with Crippen LogP contribution in [0.25, 0.3) is 10.9 Å². The summed E-state index contributed by atoms with van der Waals surface area (Å²) in [7, 11) is -3.74. The van der Waals surface area contributed by atoms with Gasteiger partial charge >= 0.3 is 0 Å². The summed E-state index contributed by atoms with van der Waals surface area (Å²) >= 11 is 1.10. The zero-order valence-corrected chi connectivity index (χ0v) is 20.5. The molecule has 0 spiro atoms. The van der Waals surface area contributed by atoms with Crippen molar-refractivity contribution in [3.8, 4) is 0 Å². The first-order chi connectivity index (χ1) is 16.8. The average Bonchev–Trinajstić information content (AvgIpc) is 3.54. The summed E-state index contributed by atoms with van der Waals surface area (Å²) in [5.41, 5.74) is 2.76. The second kappa shape index (κ2) is 9.27. The molecular formula is C23H23FN6O3S2. The first-order valence-electron chi connectivity index (χ1n) is 11.0. The quantitative estimate of drug-likeness (QED) is 0.424. The Labute approximate surface area is 205 Å². The smallest absolute Gasteiger partial charge is 0.263 e. The van der Waals surface area contributed by atoms with Gasteiger partial charge in [0.1, 0.15) is 17.4 Å². The maximum atomic E-state index is 14.4. The van der Waals surface area contributed by atoms with Crippen molar-refractivity contribution in [2.75, 3.05) is 35.8 Å². The number of aromatic nitrogens is 3. The number of para-hydroxylation sites is 1. The summed E-state index contributed by atoms with van der Waals surface area (Å²) in [6.07, 6.45) is 1.75. The van der Waals surface area contributed by atoms with E-state index in [1.807, 2.05) is 12.1 Å². The highest BCUT2D eigenvalue weighted by Crippen LogP contribution is 2.26. The maximum absolute atomic E-state index is 14.4. The molecule has 0 aliphatic carbocycles. The SMILES string of the molecule is C[C@H](C(=O)N1CCN(c2ccc(S(=O)(=O)Nc3nncs3)cc2)CC1)n1ccc2cccc(F)c21. The molecule has 182 valence electrons. The van der Waals surface area contributed by atoms with E-state index >= 15 is 0 Å². The van der Waals surface area contributed by atoms with Crippen LogP contribution in [0.15, 0.2) is 65.1 Å². The lowest BCUT2D eigenvalue weighted by Gasteiger charge is -2.37. The Morgan fingerprint density at radius 2 is 1.83 bits per heavy atom. The minimum atomic E-state index is -3.74. The van der Waals surface area contributed by atoms with Crippen molar-refractivity contribution in [2.45, 2.75) is 17.9 Å². The van der Waals surface area contributed by atoms with Crippen LogP contribution in [0.1, 0.15) is 13.0 Å². The third kappa shape index (κ3) is 4.58. The molecule has 1 N–H and O–H groups in total. The lowest BCUT2D eigenvalue weighted by molar-refractivity contribution is -0.134. The van der Waals surface area contributed by atoms with E-state index < -0.39 is 16.1 Å². The second-order valence-corrected chi connectivity index (χ2v) is 10.7. The van der Waals surface area contributed by atoms with Crippen LogP contribution < -0.4 is 9.62 Å². The Balaban J connectivity index is 1.22. The minimum absolute atomic E-state index is 0.0606. The van der Waals surface area contributed by atoms with Crippen LogP contribution in [-0.2, 0) is 14.8 Å². The van der Waals surface area contributed by atoms with Gasteiger partial charge in [-0.25, -0.2) is 12.8 Å². The Bertz CT molecular complexity index is 1450. The molecule has 1 aliphatic heterocycles. The number of hydrogen-bond acceptors (Lipinski definition) is 7. The monoisotopic (exact) mass is 514 g/mol. The highest BCUT2D eigenvalue weighted by Gasteiger charge is 2.27. The van der Waals surface area contributed by atoms with Crippen molar-refractivity contribution < 1.29 is 17.6 Å². The molecule has 3 heterocycles. The lowest BCUT2D eigenvalue weighted by atomic mass is 10.2. The van der Waals surface area contributed by atoms with E-state index in [4.69, 9.17) is 0 Å². The van der Waals surface area contributed by atoms with Crippen molar-refractivity contribution in [1.82, 2.24) is 19.7 Å². The number of carbonyl (C=O) groups is 1. The van der Waals surface area contributed by atoms with Crippen molar-refractivity contribution in [2.24, 2.45) is 0 Å². The zero-order valence-electron chi connectivity index (χ0n) is 18.8. The molecule has 2 aromatic carbocycles. The van der Waals surface area contributed by atoms with Gasteiger partial charge in [0.05, 0.1) is 10.4 Å². The van der Waals surface area contributed by atoms with Crippen LogP contribution in [-0.4, -0.2) is 60.2 Å². The molecule has 0 saturated carbocycles. The number of fused-ring (bicyclic) bond motifs is 1. The standard InChI is InChI=1S/C23H23FN6O3S2/c1-16(30-10-9-17-3-2-4-20(24)21(17)30)22(31)29-13-11-28(12-14-29)18-5-7-19(8-6-18)35(32,33)27-23-26-25-15-34-23/h2-10,15-16H,11-14H2,1H3,(H,26,27)/t16-/m1/s1. The van der Waals surface area contributed by atoms with Crippen LogP contribution in [0.4, 0.5) is 15.2 Å². The molecule has 0 bridgehead atoms. The van der Waals surface area contributed by atoms with E-state index in [0.29, 0.717) is 31.7 Å². The molecule has 1 fully saturated rings. The Kier molecular flexibility index (Phi) is 6.15. The van der Waals surface area contributed by atoms with Crippen LogP contribution in [0.5, 0.6) is 0 Å². The Hall–Kier alpha value is -3.51. The first-order valence-corrected chi connectivity index (χ1v) is 13.4. The normalized spacial score (nSPS) is 15.4. The van der Waals surface area contributed by atoms with Crippen LogP contribution in [0.2, 0.25) is 0 Å². The fraction of sp³-hybridized carbons (Fsp3) is 0.261.